The molecule has 18 heavy (non-hydrogen) atoms. The van der Waals surface area contributed by atoms with Gasteiger partial charge in [-0.3, -0.25) is 4.90 Å². The Hall–Kier alpha value is -2.06. The summed E-state index contributed by atoms with van der Waals surface area (Å²) < 4.78 is 5.13. The van der Waals surface area contributed by atoms with Gasteiger partial charge in [-0.2, -0.15) is 5.26 Å². The van der Waals surface area contributed by atoms with Crippen molar-refractivity contribution >= 4 is 11.8 Å². The quantitative estimate of drug-likeness (QED) is 0.874. The SMILES string of the molecule is N#Cc1cccc(N2CC(CCN)COC2=O)c1. The Labute approximate surface area is 106 Å². The van der Waals surface area contributed by atoms with Crippen LogP contribution in [0.25, 0.3) is 0 Å². The minimum absolute atomic E-state index is 0.249. The van der Waals surface area contributed by atoms with Crippen molar-refractivity contribution in [3.8, 4) is 6.07 Å². The van der Waals surface area contributed by atoms with Crippen molar-refractivity contribution in [2.24, 2.45) is 11.7 Å². The first kappa shape index (κ1) is 12.4. The normalized spacial score (nSPS) is 19.2. The second-order valence-electron chi connectivity index (χ2n) is 4.29. The van der Waals surface area contributed by atoms with Gasteiger partial charge in [0.1, 0.15) is 0 Å². The molecule has 0 saturated carbocycles. The lowest BCUT2D eigenvalue weighted by molar-refractivity contribution is 0.113. The molecule has 0 aromatic heterocycles. The number of carbonyl (C=O) groups excluding carboxylic acids is 1. The fourth-order valence-corrected chi connectivity index (χ4v) is 2.02. The molecule has 94 valence electrons. The van der Waals surface area contributed by atoms with Crippen molar-refractivity contribution in [2.75, 3.05) is 24.6 Å². The van der Waals surface area contributed by atoms with Gasteiger partial charge in [-0.25, -0.2) is 4.79 Å². The van der Waals surface area contributed by atoms with Crippen LogP contribution in [0.2, 0.25) is 0 Å². The number of amides is 1. The van der Waals surface area contributed by atoms with Crippen molar-refractivity contribution in [2.45, 2.75) is 6.42 Å². The molecule has 1 aromatic carbocycles. The summed E-state index contributed by atoms with van der Waals surface area (Å²) in [7, 11) is 0. The molecule has 2 rings (SSSR count). The van der Waals surface area contributed by atoms with Gasteiger partial charge >= 0.3 is 6.09 Å². The van der Waals surface area contributed by atoms with Gasteiger partial charge in [-0.15, -0.1) is 0 Å². The Morgan fingerprint density at radius 2 is 2.39 bits per heavy atom. The highest BCUT2D eigenvalue weighted by atomic mass is 16.6. The Morgan fingerprint density at radius 1 is 1.56 bits per heavy atom. The van der Waals surface area contributed by atoms with Crippen LogP contribution in [0.1, 0.15) is 12.0 Å². The first-order valence-electron chi connectivity index (χ1n) is 5.89. The van der Waals surface area contributed by atoms with E-state index in [4.69, 9.17) is 15.7 Å². The minimum Gasteiger partial charge on any atom is -0.449 e. The number of nitrogens with zero attached hydrogens (tertiary/aromatic N) is 2. The molecule has 1 atom stereocenters. The number of hydrogen-bond acceptors (Lipinski definition) is 4. The number of carbonyl (C=O) groups is 1. The highest BCUT2D eigenvalue weighted by molar-refractivity contribution is 5.88. The first-order valence-corrected chi connectivity index (χ1v) is 5.89. The van der Waals surface area contributed by atoms with Gasteiger partial charge in [0.15, 0.2) is 0 Å². The van der Waals surface area contributed by atoms with E-state index in [0.717, 1.165) is 6.42 Å². The largest absolute Gasteiger partial charge is 0.449 e. The van der Waals surface area contributed by atoms with Crippen LogP contribution in [-0.4, -0.2) is 25.8 Å². The van der Waals surface area contributed by atoms with Crippen molar-refractivity contribution in [1.82, 2.24) is 0 Å². The Bertz CT molecular complexity index is 481. The molecule has 1 aromatic rings. The summed E-state index contributed by atoms with van der Waals surface area (Å²) in [6.07, 6.45) is 0.459. The molecule has 1 saturated heterocycles. The molecule has 1 heterocycles. The molecule has 1 amide bonds. The predicted octanol–water partition coefficient (Wildman–Crippen LogP) is 1.48. The van der Waals surface area contributed by atoms with E-state index < -0.39 is 0 Å². The summed E-state index contributed by atoms with van der Waals surface area (Å²) >= 11 is 0. The highest BCUT2D eigenvalue weighted by Gasteiger charge is 2.27. The third kappa shape index (κ3) is 2.60. The molecule has 0 aliphatic carbocycles. The van der Waals surface area contributed by atoms with Gasteiger partial charge in [-0.1, -0.05) is 6.07 Å². The van der Waals surface area contributed by atoms with Crippen LogP contribution in [0.4, 0.5) is 10.5 Å². The third-order valence-corrected chi connectivity index (χ3v) is 2.97. The number of nitrogens with two attached hydrogens (primary N) is 1. The number of hydrogen-bond donors (Lipinski definition) is 1. The lowest BCUT2D eigenvalue weighted by atomic mass is 10.0. The monoisotopic (exact) mass is 245 g/mol. The molecule has 0 radical (unpaired) electrons. The fourth-order valence-electron chi connectivity index (χ4n) is 2.02. The van der Waals surface area contributed by atoms with Crippen LogP contribution in [-0.2, 0) is 4.74 Å². The lowest BCUT2D eigenvalue weighted by Gasteiger charge is -2.32. The molecule has 1 aliphatic rings. The average molecular weight is 245 g/mol. The number of ether oxygens (including phenoxy) is 1. The van der Waals surface area contributed by atoms with E-state index in [9.17, 15) is 4.79 Å². The Balaban J connectivity index is 2.19. The molecule has 5 heteroatoms. The van der Waals surface area contributed by atoms with Crippen molar-refractivity contribution in [3.63, 3.8) is 0 Å². The Kier molecular flexibility index (Phi) is 3.80. The number of benzene rings is 1. The number of nitriles is 1. The molecule has 1 unspecified atom stereocenters. The predicted molar refractivity (Wildman–Crippen MR) is 67.0 cm³/mol. The summed E-state index contributed by atoms with van der Waals surface area (Å²) in [5.41, 5.74) is 6.75. The van der Waals surface area contributed by atoms with Crippen molar-refractivity contribution < 1.29 is 9.53 Å². The van der Waals surface area contributed by atoms with Crippen molar-refractivity contribution in [3.05, 3.63) is 29.8 Å². The van der Waals surface area contributed by atoms with Crippen LogP contribution >= 0.6 is 0 Å². The zero-order chi connectivity index (χ0) is 13.0. The van der Waals surface area contributed by atoms with Gasteiger partial charge in [-0.05, 0) is 31.2 Å². The molecular weight excluding hydrogens is 230 g/mol. The second kappa shape index (κ2) is 5.52. The Morgan fingerprint density at radius 3 is 3.11 bits per heavy atom. The topological polar surface area (TPSA) is 79.3 Å². The van der Waals surface area contributed by atoms with Crippen LogP contribution in [0, 0.1) is 17.2 Å². The van der Waals surface area contributed by atoms with Gasteiger partial charge in [0.05, 0.1) is 18.2 Å². The maximum atomic E-state index is 11.7. The summed E-state index contributed by atoms with van der Waals surface area (Å²) in [6.45, 7) is 1.59. The zero-order valence-electron chi connectivity index (χ0n) is 10.0. The molecule has 1 aliphatic heterocycles. The number of cyclic esters (lactones) is 1. The van der Waals surface area contributed by atoms with Crippen molar-refractivity contribution in [1.29, 1.82) is 5.26 Å². The van der Waals surface area contributed by atoms with E-state index in [1.807, 2.05) is 0 Å². The lowest BCUT2D eigenvalue weighted by Crippen LogP contribution is -2.43. The molecular formula is C13H15N3O2. The molecule has 1 fully saturated rings. The maximum absolute atomic E-state index is 11.7. The van der Waals surface area contributed by atoms with Crippen LogP contribution in [0.5, 0.6) is 0 Å². The smallest absolute Gasteiger partial charge is 0.414 e. The summed E-state index contributed by atoms with van der Waals surface area (Å²) in [4.78, 5) is 13.3. The highest BCUT2D eigenvalue weighted by Crippen LogP contribution is 2.23. The first-order chi connectivity index (χ1) is 8.74. The molecule has 5 nitrogen and oxygen atoms in total. The van der Waals surface area contributed by atoms with E-state index in [0.29, 0.717) is 30.9 Å². The van der Waals surface area contributed by atoms with E-state index in [2.05, 4.69) is 6.07 Å². The van der Waals surface area contributed by atoms with Crippen LogP contribution < -0.4 is 10.6 Å². The second-order valence-corrected chi connectivity index (χ2v) is 4.29. The van der Waals surface area contributed by atoms with Gasteiger partial charge in [0, 0.05) is 18.2 Å². The van der Waals surface area contributed by atoms with Crippen LogP contribution in [0.3, 0.4) is 0 Å². The van der Waals surface area contributed by atoms with Gasteiger partial charge < -0.3 is 10.5 Å². The minimum atomic E-state index is -0.363. The van der Waals surface area contributed by atoms with Gasteiger partial charge in [0.2, 0.25) is 0 Å². The van der Waals surface area contributed by atoms with E-state index >= 15 is 0 Å². The average Bonchev–Trinajstić information content (AvgIpc) is 2.41. The third-order valence-electron chi connectivity index (χ3n) is 2.97. The van der Waals surface area contributed by atoms with E-state index in [-0.39, 0.29) is 12.0 Å². The zero-order valence-corrected chi connectivity index (χ0v) is 10.0. The standard InChI is InChI=1S/C13H15N3O2/c14-5-4-11-8-16(13(17)18-9-11)12-3-1-2-10(6-12)7-15/h1-3,6,11H,4-5,8-9,14H2. The number of rotatable bonds is 3. The summed E-state index contributed by atoms with van der Waals surface area (Å²) in [5.74, 6) is 0.249. The van der Waals surface area contributed by atoms with E-state index in [1.165, 1.54) is 0 Å². The van der Waals surface area contributed by atoms with Crippen LogP contribution in [0.15, 0.2) is 24.3 Å². The van der Waals surface area contributed by atoms with Gasteiger partial charge in [0.25, 0.3) is 0 Å². The number of anilines is 1. The summed E-state index contributed by atoms with van der Waals surface area (Å²) in [5, 5.41) is 8.86. The van der Waals surface area contributed by atoms with E-state index in [1.54, 1.807) is 29.2 Å². The molecule has 0 spiro atoms. The summed E-state index contributed by atoms with van der Waals surface area (Å²) in [6, 6.07) is 9.01. The molecule has 2 N–H and O–H groups in total. The maximum Gasteiger partial charge on any atom is 0.414 e. The fraction of sp³-hybridized carbons (Fsp3) is 0.385. The molecule has 0 bridgehead atoms.